The predicted molar refractivity (Wildman–Crippen MR) is 82.2 cm³/mol. The molecule has 0 aliphatic carbocycles. The van der Waals surface area contributed by atoms with Gasteiger partial charge in [-0.05, 0) is 46.6 Å². The fraction of sp³-hybridized carbons (Fsp3) is 0.154. The maximum atomic E-state index is 11.2. The molecule has 1 heterocycles. The number of ether oxygens (including phenoxy) is 1. The zero-order valence-electron chi connectivity index (χ0n) is 9.94. The molecule has 0 radical (unpaired) electrons. The molecule has 2 rings (SSSR count). The van der Waals surface area contributed by atoms with Gasteiger partial charge in [0, 0.05) is 19.2 Å². The maximum absolute atomic E-state index is 11.2. The van der Waals surface area contributed by atoms with E-state index in [1.807, 2.05) is 24.4 Å². The van der Waals surface area contributed by atoms with Crippen molar-refractivity contribution in [2.45, 2.75) is 13.5 Å². The molecule has 0 aliphatic rings. The van der Waals surface area contributed by atoms with Crippen molar-refractivity contribution >= 4 is 49.2 Å². The summed E-state index contributed by atoms with van der Waals surface area (Å²) in [5, 5.41) is 11.2. The third-order valence-electron chi connectivity index (χ3n) is 2.45. The molecule has 0 aliphatic heterocycles. The van der Waals surface area contributed by atoms with Crippen molar-refractivity contribution in [3.8, 4) is 5.75 Å². The number of hydrogen-bond acceptors (Lipinski definition) is 3. The van der Waals surface area contributed by atoms with Gasteiger partial charge in [0.15, 0.2) is 0 Å². The zero-order valence-corrected chi connectivity index (χ0v) is 13.9. The van der Waals surface area contributed by atoms with Crippen molar-refractivity contribution in [2.75, 3.05) is 0 Å². The molecule has 0 bridgehead atoms. The number of hydrogen-bond donors (Lipinski definition) is 1. The summed E-state index contributed by atoms with van der Waals surface area (Å²) in [6.45, 7) is 2.19. The SMILES string of the molecule is Cc1cc(Br)cc(C(=O)O)c1OCc1cc(Br)cs1. The minimum absolute atomic E-state index is 0.169. The van der Waals surface area contributed by atoms with Crippen LogP contribution in [0.25, 0.3) is 0 Å². The second-order valence-electron chi connectivity index (χ2n) is 3.92. The van der Waals surface area contributed by atoms with Crippen molar-refractivity contribution in [1.29, 1.82) is 0 Å². The Morgan fingerprint density at radius 3 is 2.63 bits per heavy atom. The van der Waals surface area contributed by atoms with Crippen LogP contribution in [0.4, 0.5) is 0 Å². The first-order valence-corrected chi connectivity index (χ1v) is 7.83. The van der Waals surface area contributed by atoms with Crippen LogP contribution in [0, 0.1) is 6.92 Å². The van der Waals surface area contributed by atoms with Gasteiger partial charge in [-0.1, -0.05) is 15.9 Å². The van der Waals surface area contributed by atoms with Crippen LogP contribution in [0.15, 0.2) is 32.5 Å². The topological polar surface area (TPSA) is 46.5 Å². The molecule has 0 unspecified atom stereocenters. The monoisotopic (exact) mass is 404 g/mol. The van der Waals surface area contributed by atoms with Gasteiger partial charge in [-0.15, -0.1) is 11.3 Å². The van der Waals surface area contributed by atoms with Crippen LogP contribution < -0.4 is 4.74 Å². The highest BCUT2D eigenvalue weighted by molar-refractivity contribution is 9.10. The van der Waals surface area contributed by atoms with Gasteiger partial charge in [0.05, 0.1) is 0 Å². The smallest absolute Gasteiger partial charge is 0.339 e. The van der Waals surface area contributed by atoms with Gasteiger partial charge in [0.25, 0.3) is 0 Å². The van der Waals surface area contributed by atoms with E-state index in [1.165, 1.54) is 0 Å². The zero-order chi connectivity index (χ0) is 14.0. The Morgan fingerprint density at radius 2 is 2.05 bits per heavy atom. The summed E-state index contributed by atoms with van der Waals surface area (Å²) in [4.78, 5) is 12.3. The van der Waals surface area contributed by atoms with Crippen molar-refractivity contribution < 1.29 is 14.6 Å². The van der Waals surface area contributed by atoms with Crippen molar-refractivity contribution in [3.05, 3.63) is 48.5 Å². The van der Waals surface area contributed by atoms with Gasteiger partial charge in [-0.3, -0.25) is 0 Å². The summed E-state index contributed by atoms with van der Waals surface area (Å²) in [5.41, 5.74) is 0.963. The molecule has 1 N–H and O–H groups in total. The third-order valence-corrected chi connectivity index (χ3v) is 4.58. The number of rotatable bonds is 4. The summed E-state index contributed by atoms with van der Waals surface area (Å²) in [5.74, 6) is -0.577. The first-order chi connectivity index (χ1) is 8.97. The van der Waals surface area contributed by atoms with E-state index in [9.17, 15) is 9.90 Å². The van der Waals surface area contributed by atoms with Crippen LogP contribution in [0.2, 0.25) is 0 Å². The number of aryl methyl sites for hydroxylation is 1. The first-order valence-electron chi connectivity index (χ1n) is 5.36. The lowest BCUT2D eigenvalue weighted by Crippen LogP contribution is -2.04. The summed E-state index contributed by atoms with van der Waals surface area (Å²) < 4.78 is 7.40. The molecule has 2 aromatic rings. The lowest BCUT2D eigenvalue weighted by molar-refractivity contribution is 0.0691. The number of thiophene rings is 1. The van der Waals surface area contributed by atoms with Crippen LogP contribution in [-0.4, -0.2) is 11.1 Å². The minimum Gasteiger partial charge on any atom is -0.487 e. The molecule has 0 amide bonds. The number of halogens is 2. The quantitative estimate of drug-likeness (QED) is 0.789. The molecule has 1 aromatic heterocycles. The fourth-order valence-electron chi connectivity index (χ4n) is 1.65. The molecule has 6 heteroatoms. The molecule has 0 fully saturated rings. The summed E-state index contributed by atoms with van der Waals surface area (Å²) >= 11 is 8.23. The molecule has 100 valence electrons. The molecule has 3 nitrogen and oxygen atoms in total. The number of benzene rings is 1. The van der Waals surface area contributed by atoms with E-state index in [-0.39, 0.29) is 5.56 Å². The average molecular weight is 406 g/mol. The van der Waals surface area contributed by atoms with E-state index >= 15 is 0 Å². The highest BCUT2D eigenvalue weighted by atomic mass is 79.9. The largest absolute Gasteiger partial charge is 0.487 e. The summed E-state index contributed by atoms with van der Waals surface area (Å²) in [6, 6.07) is 5.35. The lowest BCUT2D eigenvalue weighted by Gasteiger charge is -2.12. The molecular formula is C13H10Br2O3S. The molecule has 0 atom stereocenters. The summed E-state index contributed by atoms with van der Waals surface area (Å²) in [6.07, 6.45) is 0. The van der Waals surface area contributed by atoms with E-state index in [1.54, 1.807) is 17.4 Å². The molecule has 19 heavy (non-hydrogen) atoms. The number of carboxylic acid groups (broad SMARTS) is 1. The van der Waals surface area contributed by atoms with Gasteiger partial charge >= 0.3 is 5.97 Å². The normalized spacial score (nSPS) is 10.5. The fourth-order valence-corrected chi connectivity index (χ4v) is 3.59. The van der Waals surface area contributed by atoms with E-state index in [4.69, 9.17) is 4.74 Å². The van der Waals surface area contributed by atoms with Crippen LogP contribution in [0.3, 0.4) is 0 Å². The van der Waals surface area contributed by atoms with E-state index in [0.29, 0.717) is 12.4 Å². The second kappa shape index (κ2) is 6.07. The second-order valence-corrected chi connectivity index (χ2v) is 6.75. The van der Waals surface area contributed by atoms with Crippen molar-refractivity contribution in [3.63, 3.8) is 0 Å². The Morgan fingerprint density at radius 1 is 1.32 bits per heavy atom. The average Bonchev–Trinajstić information content (AvgIpc) is 2.73. The number of carboxylic acids is 1. The van der Waals surface area contributed by atoms with E-state index in [0.717, 1.165) is 19.4 Å². The maximum Gasteiger partial charge on any atom is 0.339 e. The van der Waals surface area contributed by atoms with Crippen molar-refractivity contribution in [2.24, 2.45) is 0 Å². The molecule has 1 aromatic carbocycles. The molecule has 0 saturated heterocycles. The highest BCUT2D eigenvalue weighted by Crippen LogP contribution is 2.30. The van der Waals surface area contributed by atoms with Gasteiger partial charge < -0.3 is 9.84 Å². The minimum atomic E-state index is -0.994. The van der Waals surface area contributed by atoms with Gasteiger partial charge in [0.2, 0.25) is 0 Å². The predicted octanol–water partition coefficient (Wildman–Crippen LogP) is 4.86. The van der Waals surface area contributed by atoms with Gasteiger partial charge in [0.1, 0.15) is 17.9 Å². The highest BCUT2D eigenvalue weighted by Gasteiger charge is 2.15. The van der Waals surface area contributed by atoms with Gasteiger partial charge in [-0.25, -0.2) is 4.79 Å². The summed E-state index contributed by atoms with van der Waals surface area (Å²) in [7, 11) is 0. The van der Waals surface area contributed by atoms with E-state index < -0.39 is 5.97 Å². The first kappa shape index (κ1) is 14.6. The van der Waals surface area contributed by atoms with E-state index in [2.05, 4.69) is 31.9 Å². The number of aromatic carboxylic acids is 1. The Balaban J connectivity index is 2.26. The standard InChI is InChI=1S/C13H10Br2O3S/c1-7-2-8(14)4-11(13(16)17)12(7)18-5-10-3-9(15)6-19-10/h2-4,6H,5H2,1H3,(H,16,17). The Kier molecular flexibility index (Phi) is 4.65. The molecule has 0 saturated carbocycles. The number of carbonyl (C=O) groups is 1. The Bertz CT molecular complexity index is 622. The van der Waals surface area contributed by atoms with Crippen LogP contribution in [0.5, 0.6) is 5.75 Å². The van der Waals surface area contributed by atoms with Crippen LogP contribution >= 0.6 is 43.2 Å². The molecular weight excluding hydrogens is 396 g/mol. The Hall–Kier alpha value is -0.850. The van der Waals surface area contributed by atoms with Crippen LogP contribution in [-0.2, 0) is 6.61 Å². The van der Waals surface area contributed by atoms with Gasteiger partial charge in [-0.2, -0.15) is 0 Å². The molecule has 0 spiro atoms. The van der Waals surface area contributed by atoms with Crippen LogP contribution in [0.1, 0.15) is 20.8 Å². The van der Waals surface area contributed by atoms with Crippen molar-refractivity contribution in [1.82, 2.24) is 0 Å². The third kappa shape index (κ3) is 3.58. The Labute approximate surface area is 131 Å². The lowest BCUT2D eigenvalue weighted by atomic mass is 10.1.